The SMILES string of the molecule is O=C(Nc1ccc2sncc2c1)OCCCN1CCC(C(=O)c2ccc(Br)cc2)CC1. The fraction of sp³-hybridized carbons (Fsp3) is 0.348. The number of carbonyl (C=O) groups excluding carboxylic acids is 2. The molecule has 4 rings (SSSR count). The Labute approximate surface area is 193 Å². The van der Waals surface area contributed by atoms with E-state index in [1.165, 1.54) is 11.5 Å². The van der Waals surface area contributed by atoms with E-state index >= 15 is 0 Å². The van der Waals surface area contributed by atoms with Crippen molar-refractivity contribution in [3.05, 3.63) is 58.7 Å². The van der Waals surface area contributed by atoms with Gasteiger partial charge in [-0.05, 0) is 74.2 Å². The minimum absolute atomic E-state index is 0.0928. The van der Waals surface area contributed by atoms with Gasteiger partial charge in [0.25, 0.3) is 0 Å². The van der Waals surface area contributed by atoms with E-state index < -0.39 is 6.09 Å². The lowest BCUT2D eigenvalue weighted by Crippen LogP contribution is -2.37. The molecule has 6 nitrogen and oxygen atoms in total. The first-order valence-electron chi connectivity index (χ1n) is 10.4. The number of ketones is 1. The summed E-state index contributed by atoms with van der Waals surface area (Å²) in [7, 11) is 0. The maximum Gasteiger partial charge on any atom is 0.411 e. The molecule has 0 unspecified atom stereocenters. The summed E-state index contributed by atoms with van der Waals surface area (Å²) in [5.41, 5.74) is 1.49. The number of amides is 1. The number of rotatable bonds is 7. The number of anilines is 1. The van der Waals surface area contributed by atoms with Gasteiger partial charge in [0.15, 0.2) is 5.78 Å². The highest BCUT2D eigenvalue weighted by Gasteiger charge is 2.25. The summed E-state index contributed by atoms with van der Waals surface area (Å²) in [5.74, 6) is 0.332. The summed E-state index contributed by atoms with van der Waals surface area (Å²) in [5, 5.41) is 3.77. The Balaban J connectivity index is 1.13. The molecule has 3 aromatic rings. The van der Waals surface area contributed by atoms with Gasteiger partial charge in [-0.1, -0.05) is 28.1 Å². The number of aromatic nitrogens is 1. The average molecular weight is 502 g/mol. The first-order valence-corrected chi connectivity index (χ1v) is 12.0. The summed E-state index contributed by atoms with van der Waals surface area (Å²) in [6.07, 6.45) is 3.85. The highest BCUT2D eigenvalue weighted by atomic mass is 79.9. The van der Waals surface area contributed by atoms with E-state index in [4.69, 9.17) is 4.74 Å². The number of benzene rings is 2. The molecule has 0 atom stereocenters. The molecule has 1 amide bonds. The molecule has 1 aliphatic rings. The monoisotopic (exact) mass is 501 g/mol. The van der Waals surface area contributed by atoms with Crippen LogP contribution >= 0.6 is 27.5 Å². The summed E-state index contributed by atoms with van der Waals surface area (Å²) in [6.45, 7) is 3.02. The average Bonchev–Trinajstić information content (AvgIpc) is 3.25. The fourth-order valence-corrected chi connectivity index (χ4v) is 4.72. The molecule has 0 radical (unpaired) electrons. The van der Waals surface area contributed by atoms with E-state index in [0.717, 1.165) is 59.0 Å². The predicted molar refractivity (Wildman–Crippen MR) is 127 cm³/mol. The van der Waals surface area contributed by atoms with E-state index in [1.807, 2.05) is 42.5 Å². The number of nitrogens with zero attached hydrogens (tertiary/aromatic N) is 2. The van der Waals surface area contributed by atoms with E-state index in [1.54, 1.807) is 6.20 Å². The Kier molecular flexibility index (Phi) is 7.32. The minimum atomic E-state index is -0.443. The van der Waals surface area contributed by atoms with Crippen molar-refractivity contribution in [2.45, 2.75) is 19.3 Å². The maximum atomic E-state index is 12.7. The summed E-state index contributed by atoms with van der Waals surface area (Å²) in [4.78, 5) is 27.0. The molecule has 2 heterocycles. The molecule has 0 saturated carbocycles. The molecule has 0 spiro atoms. The molecule has 1 saturated heterocycles. The minimum Gasteiger partial charge on any atom is -0.449 e. The number of hydrogen-bond donors (Lipinski definition) is 1. The normalized spacial score (nSPS) is 15.1. The third kappa shape index (κ3) is 5.90. The zero-order chi connectivity index (χ0) is 21.6. The van der Waals surface area contributed by atoms with Crippen molar-refractivity contribution >= 4 is 55.1 Å². The Morgan fingerprint density at radius 1 is 1.16 bits per heavy atom. The lowest BCUT2D eigenvalue weighted by molar-refractivity contribution is 0.0830. The fourth-order valence-electron chi connectivity index (χ4n) is 3.83. The van der Waals surface area contributed by atoms with E-state index in [2.05, 4.69) is 30.5 Å². The van der Waals surface area contributed by atoms with Crippen molar-refractivity contribution in [2.75, 3.05) is 31.6 Å². The Hall–Kier alpha value is -2.29. The number of piperidine rings is 1. The molecule has 1 N–H and O–H groups in total. The van der Waals surface area contributed by atoms with Gasteiger partial charge >= 0.3 is 6.09 Å². The number of nitrogens with one attached hydrogen (secondary N) is 1. The second kappa shape index (κ2) is 10.3. The molecule has 1 aromatic heterocycles. The van der Waals surface area contributed by atoms with Gasteiger partial charge in [0, 0.05) is 39.8 Å². The number of carbonyl (C=O) groups is 2. The van der Waals surface area contributed by atoms with Crippen LogP contribution in [0.2, 0.25) is 0 Å². The second-order valence-electron chi connectivity index (χ2n) is 7.68. The van der Waals surface area contributed by atoms with Gasteiger partial charge in [0.2, 0.25) is 0 Å². The third-order valence-corrected chi connectivity index (χ3v) is 6.85. The topological polar surface area (TPSA) is 71.5 Å². The van der Waals surface area contributed by atoms with Crippen LogP contribution in [0, 0.1) is 5.92 Å². The smallest absolute Gasteiger partial charge is 0.411 e. The van der Waals surface area contributed by atoms with Crippen LogP contribution in [-0.2, 0) is 4.74 Å². The molecule has 0 bridgehead atoms. The van der Waals surface area contributed by atoms with Crippen LogP contribution in [0.1, 0.15) is 29.6 Å². The van der Waals surface area contributed by atoms with Crippen LogP contribution < -0.4 is 5.32 Å². The molecule has 8 heteroatoms. The summed E-state index contributed by atoms with van der Waals surface area (Å²) >= 11 is 4.83. The van der Waals surface area contributed by atoms with Crippen LogP contribution in [0.25, 0.3) is 10.1 Å². The van der Waals surface area contributed by atoms with Crippen molar-refractivity contribution in [3.63, 3.8) is 0 Å². The number of halogens is 1. The molecular weight excluding hydrogens is 478 g/mol. The quantitative estimate of drug-likeness (QED) is 0.337. The molecule has 1 fully saturated rings. The lowest BCUT2D eigenvalue weighted by Gasteiger charge is -2.31. The van der Waals surface area contributed by atoms with E-state index in [0.29, 0.717) is 12.3 Å². The van der Waals surface area contributed by atoms with Gasteiger partial charge in [-0.3, -0.25) is 10.1 Å². The van der Waals surface area contributed by atoms with Crippen LogP contribution in [0.3, 0.4) is 0 Å². The van der Waals surface area contributed by atoms with Crippen molar-refractivity contribution in [1.29, 1.82) is 0 Å². The largest absolute Gasteiger partial charge is 0.449 e. The summed E-state index contributed by atoms with van der Waals surface area (Å²) in [6, 6.07) is 13.3. The number of Topliss-reactive ketones (excluding diaryl/α,β-unsaturated/α-hetero) is 1. The first-order chi connectivity index (χ1) is 15.1. The highest BCUT2D eigenvalue weighted by molar-refractivity contribution is 9.10. The molecular formula is C23H24BrN3O3S. The highest BCUT2D eigenvalue weighted by Crippen LogP contribution is 2.23. The maximum absolute atomic E-state index is 12.7. The zero-order valence-corrected chi connectivity index (χ0v) is 19.5. The third-order valence-electron chi connectivity index (χ3n) is 5.54. The Bertz CT molecular complexity index is 1050. The second-order valence-corrected chi connectivity index (χ2v) is 9.43. The van der Waals surface area contributed by atoms with Gasteiger partial charge in [-0.15, -0.1) is 0 Å². The van der Waals surface area contributed by atoms with Crippen molar-refractivity contribution in [2.24, 2.45) is 5.92 Å². The standard InChI is InChI=1S/C23H24BrN3O3S/c24-19-4-2-16(3-5-19)22(28)17-8-11-27(12-9-17)10-1-13-30-23(29)26-20-6-7-21-18(14-20)15-25-31-21/h2-7,14-15,17H,1,8-13H2,(H,26,29). The van der Waals surface area contributed by atoms with Crippen LogP contribution in [0.15, 0.2) is 53.1 Å². The van der Waals surface area contributed by atoms with Crippen LogP contribution in [0.5, 0.6) is 0 Å². The number of hydrogen-bond acceptors (Lipinski definition) is 6. The predicted octanol–water partition coefficient (Wildman–Crippen LogP) is 5.59. The number of ether oxygens (including phenoxy) is 1. The van der Waals surface area contributed by atoms with Gasteiger partial charge in [-0.2, -0.15) is 4.37 Å². The molecule has 1 aliphatic heterocycles. The lowest BCUT2D eigenvalue weighted by atomic mass is 9.89. The number of fused-ring (bicyclic) bond motifs is 1. The molecule has 162 valence electrons. The zero-order valence-electron chi connectivity index (χ0n) is 17.1. The molecule has 31 heavy (non-hydrogen) atoms. The van der Waals surface area contributed by atoms with Crippen LogP contribution in [-0.4, -0.2) is 47.4 Å². The molecule has 2 aromatic carbocycles. The Morgan fingerprint density at radius 3 is 2.71 bits per heavy atom. The van der Waals surface area contributed by atoms with Crippen molar-refractivity contribution in [1.82, 2.24) is 9.27 Å². The first kappa shape index (κ1) is 21.9. The molecule has 0 aliphatic carbocycles. The van der Waals surface area contributed by atoms with E-state index in [9.17, 15) is 9.59 Å². The number of likely N-dealkylation sites (tertiary alicyclic amines) is 1. The van der Waals surface area contributed by atoms with Gasteiger partial charge in [-0.25, -0.2) is 4.79 Å². The van der Waals surface area contributed by atoms with Gasteiger partial charge < -0.3 is 9.64 Å². The van der Waals surface area contributed by atoms with Gasteiger partial charge in [0.1, 0.15) is 0 Å². The van der Waals surface area contributed by atoms with Crippen molar-refractivity contribution in [3.8, 4) is 0 Å². The van der Waals surface area contributed by atoms with E-state index in [-0.39, 0.29) is 11.7 Å². The summed E-state index contributed by atoms with van der Waals surface area (Å²) < 4.78 is 11.5. The van der Waals surface area contributed by atoms with Crippen LogP contribution in [0.4, 0.5) is 10.5 Å². The van der Waals surface area contributed by atoms with Gasteiger partial charge in [0.05, 0.1) is 11.3 Å². The Morgan fingerprint density at radius 2 is 1.94 bits per heavy atom. The van der Waals surface area contributed by atoms with Crippen molar-refractivity contribution < 1.29 is 14.3 Å².